The van der Waals surface area contributed by atoms with Gasteiger partial charge in [0.15, 0.2) is 0 Å². The van der Waals surface area contributed by atoms with Gasteiger partial charge in [0.2, 0.25) is 0 Å². The molecule has 2 rings (SSSR count). The normalized spacial score (nSPS) is 26.9. The van der Waals surface area contributed by atoms with E-state index in [2.05, 4.69) is 20.9 Å². The number of nitrogens with zero attached hydrogens (tertiary/aromatic N) is 1. The van der Waals surface area contributed by atoms with Crippen molar-refractivity contribution in [1.29, 1.82) is 0 Å². The van der Waals surface area contributed by atoms with Crippen LogP contribution in [0.15, 0.2) is 22.8 Å². The quantitative estimate of drug-likeness (QED) is 0.861. The first-order chi connectivity index (χ1) is 6.25. The van der Waals surface area contributed by atoms with Crippen LogP contribution in [0, 0.1) is 5.92 Å². The molecule has 0 amide bonds. The van der Waals surface area contributed by atoms with Crippen LogP contribution in [0.3, 0.4) is 0 Å². The lowest BCUT2D eigenvalue weighted by atomic mass is 9.79. The van der Waals surface area contributed by atoms with E-state index in [1.165, 1.54) is 0 Å². The zero-order chi connectivity index (χ0) is 9.26. The summed E-state index contributed by atoms with van der Waals surface area (Å²) in [5.41, 5.74) is 1.08. The topological polar surface area (TPSA) is 33.1 Å². The van der Waals surface area contributed by atoms with E-state index in [-0.39, 0.29) is 6.10 Å². The van der Waals surface area contributed by atoms with Crippen LogP contribution < -0.4 is 0 Å². The standard InChI is InChI=1S/C10H12BrNO/c11-8-2-3-9(12-6-8)5-7-1-4-10(7)13/h2-3,6-7,10,13H,1,4-5H2. The van der Waals surface area contributed by atoms with Gasteiger partial charge >= 0.3 is 0 Å². The Morgan fingerprint density at radius 3 is 2.77 bits per heavy atom. The molecule has 13 heavy (non-hydrogen) atoms. The number of hydrogen-bond acceptors (Lipinski definition) is 2. The van der Waals surface area contributed by atoms with E-state index in [1.54, 1.807) is 6.20 Å². The molecule has 1 aromatic rings. The van der Waals surface area contributed by atoms with Gasteiger partial charge in [-0.15, -0.1) is 0 Å². The van der Waals surface area contributed by atoms with Gasteiger partial charge in [-0.2, -0.15) is 0 Å². The molecule has 0 saturated heterocycles. The van der Waals surface area contributed by atoms with Crippen molar-refractivity contribution < 1.29 is 5.11 Å². The zero-order valence-corrected chi connectivity index (χ0v) is 8.87. The minimum absolute atomic E-state index is 0.0922. The van der Waals surface area contributed by atoms with Gasteiger partial charge in [0, 0.05) is 16.4 Å². The van der Waals surface area contributed by atoms with Crippen LogP contribution in [0.25, 0.3) is 0 Å². The summed E-state index contributed by atoms with van der Waals surface area (Å²) < 4.78 is 1.01. The molecule has 70 valence electrons. The number of halogens is 1. The molecule has 1 aromatic heterocycles. The minimum atomic E-state index is -0.0922. The largest absolute Gasteiger partial charge is 0.393 e. The molecule has 1 fully saturated rings. The van der Waals surface area contributed by atoms with Gasteiger partial charge in [-0.3, -0.25) is 4.98 Å². The second-order valence-corrected chi connectivity index (χ2v) is 4.49. The number of hydrogen-bond donors (Lipinski definition) is 1. The monoisotopic (exact) mass is 241 g/mol. The number of aliphatic hydroxyl groups is 1. The first kappa shape index (κ1) is 9.16. The molecular weight excluding hydrogens is 230 g/mol. The summed E-state index contributed by atoms with van der Waals surface area (Å²) in [6.45, 7) is 0. The molecule has 1 saturated carbocycles. The molecule has 0 aliphatic heterocycles. The average molecular weight is 242 g/mol. The molecule has 0 aromatic carbocycles. The molecule has 0 bridgehead atoms. The van der Waals surface area contributed by atoms with E-state index >= 15 is 0 Å². The van der Waals surface area contributed by atoms with Crippen LogP contribution in [0.1, 0.15) is 18.5 Å². The van der Waals surface area contributed by atoms with Gasteiger partial charge in [0.25, 0.3) is 0 Å². The Morgan fingerprint density at radius 1 is 1.46 bits per heavy atom. The van der Waals surface area contributed by atoms with Crippen molar-refractivity contribution in [2.24, 2.45) is 5.92 Å². The van der Waals surface area contributed by atoms with Crippen molar-refractivity contribution in [1.82, 2.24) is 4.98 Å². The molecular formula is C10H12BrNO. The van der Waals surface area contributed by atoms with E-state index in [1.807, 2.05) is 12.1 Å². The van der Waals surface area contributed by atoms with Gasteiger partial charge in [-0.05, 0) is 53.2 Å². The predicted molar refractivity (Wildman–Crippen MR) is 54.4 cm³/mol. The van der Waals surface area contributed by atoms with E-state index in [0.29, 0.717) is 5.92 Å². The smallest absolute Gasteiger partial charge is 0.0572 e. The highest BCUT2D eigenvalue weighted by Gasteiger charge is 2.28. The lowest BCUT2D eigenvalue weighted by Crippen LogP contribution is -2.32. The van der Waals surface area contributed by atoms with Gasteiger partial charge in [-0.1, -0.05) is 0 Å². The van der Waals surface area contributed by atoms with E-state index in [4.69, 9.17) is 0 Å². The van der Waals surface area contributed by atoms with Crippen LogP contribution in [-0.4, -0.2) is 16.2 Å². The van der Waals surface area contributed by atoms with E-state index in [0.717, 1.165) is 29.4 Å². The zero-order valence-electron chi connectivity index (χ0n) is 7.28. The van der Waals surface area contributed by atoms with Crippen LogP contribution in [0.4, 0.5) is 0 Å². The number of rotatable bonds is 2. The first-order valence-corrected chi connectivity index (χ1v) is 5.33. The Bertz CT molecular complexity index is 285. The predicted octanol–water partition coefficient (Wildman–Crippen LogP) is 2.16. The maximum absolute atomic E-state index is 9.39. The Morgan fingerprint density at radius 2 is 2.31 bits per heavy atom. The van der Waals surface area contributed by atoms with Crippen molar-refractivity contribution in [3.8, 4) is 0 Å². The average Bonchev–Trinajstić information content (AvgIpc) is 2.15. The maximum atomic E-state index is 9.39. The van der Waals surface area contributed by atoms with E-state index < -0.39 is 0 Å². The van der Waals surface area contributed by atoms with Gasteiger partial charge in [0.1, 0.15) is 0 Å². The van der Waals surface area contributed by atoms with Crippen molar-refractivity contribution in [2.75, 3.05) is 0 Å². The molecule has 3 heteroatoms. The summed E-state index contributed by atoms with van der Waals surface area (Å²) in [6, 6.07) is 4.00. The van der Waals surface area contributed by atoms with Crippen molar-refractivity contribution in [2.45, 2.75) is 25.4 Å². The van der Waals surface area contributed by atoms with Crippen molar-refractivity contribution in [3.05, 3.63) is 28.5 Å². The fraction of sp³-hybridized carbons (Fsp3) is 0.500. The summed E-state index contributed by atoms with van der Waals surface area (Å²) in [5, 5.41) is 9.39. The summed E-state index contributed by atoms with van der Waals surface area (Å²) in [5.74, 6) is 0.439. The molecule has 0 radical (unpaired) electrons. The highest BCUT2D eigenvalue weighted by molar-refractivity contribution is 9.10. The van der Waals surface area contributed by atoms with E-state index in [9.17, 15) is 5.11 Å². The fourth-order valence-electron chi connectivity index (χ4n) is 1.59. The third-order valence-electron chi connectivity index (χ3n) is 2.64. The molecule has 2 nitrogen and oxygen atoms in total. The fourth-order valence-corrected chi connectivity index (χ4v) is 1.82. The van der Waals surface area contributed by atoms with Gasteiger partial charge in [0.05, 0.1) is 6.10 Å². The van der Waals surface area contributed by atoms with Gasteiger partial charge in [-0.25, -0.2) is 0 Å². The third-order valence-corrected chi connectivity index (χ3v) is 3.11. The lowest BCUT2D eigenvalue weighted by Gasteiger charge is -2.31. The second-order valence-electron chi connectivity index (χ2n) is 3.58. The minimum Gasteiger partial charge on any atom is -0.393 e. The van der Waals surface area contributed by atoms with Crippen LogP contribution in [0.2, 0.25) is 0 Å². The second kappa shape index (κ2) is 3.76. The Hall–Kier alpha value is -0.410. The number of aromatic nitrogens is 1. The highest BCUT2D eigenvalue weighted by atomic mass is 79.9. The molecule has 1 aliphatic carbocycles. The molecule has 1 heterocycles. The lowest BCUT2D eigenvalue weighted by molar-refractivity contribution is 0.0239. The summed E-state index contributed by atoms with van der Waals surface area (Å²) in [6.07, 6.45) is 4.72. The first-order valence-electron chi connectivity index (χ1n) is 4.54. The van der Waals surface area contributed by atoms with Crippen molar-refractivity contribution in [3.63, 3.8) is 0 Å². The van der Waals surface area contributed by atoms with Gasteiger partial charge < -0.3 is 5.11 Å². The van der Waals surface area contributed by atoms with Crippen LogP contribution in [0.5, 0.6) is 0 Å². The van der Waals surface area contributed by atoms with Crippen LogP contribution >= 0.6 is 15.9 Å². The van der Waals surface area contributed by atoms with Crippen molar-refractivity contribution >= 4 is 15.9 Å². The summed E-state index contributed by atoms with van der Waals surface area (Å²) in [7, 11) is 0. The Labute approximate surface area is 86.1 Å². The number of aliphatic hydroxyl groups excluding tert-OH is 1. The molecule has 2 atom stereocenters. The summed E-state index contributed by atoms with van der Waals surface area (Å²) >= 11 is 3.34. The highest BCUT2D eigenvalue weighted by Crippen LogP contribution is 2.30. The van der Waals surface area contributed by atoms with Crippen LogP contribution in [-0.2, 0) is 6.42 Å². The molecule has 1 aliphatic rings. The maximum Gasteiger partial charge on any atom is 0.0572 e. The SMILES string of the molecule is OC1CCC1Cc1ccc(Br)cn1. The number of pyridine rings is 1. The summed E-state index contributed by atoms with van der Waals surface area (Å²) in [4.78, 5) is 4.28. The Kier molecular flexibility index (Phi) is 2.65. The molecule has 2 unspecified atom stereocenters. The molecule has 0 spiro atoms. The molecule has 1 N–H and O–H groups in total. The third kappa shape index (κ3) is 2.09. The Balaban J connectivity index is 1.98.